The summed E-state index contributed by atoms with van der Waals surface area (Å²) in [6.45, 7) is 0.287. The largest absolute Gasteiger partial charge is 0.459 e. The van der Waals surface area contributed by atoms with E-state index in [0.29, 0.717) is 9.88 Å². The smallest absolute Gasteiger partial charge is 0.312 e. The molecule has 0 aromatic carbocycles. The van der Waals surface area contributed by atoms with Crippen molar-refractivity contribution in [3.63, 3.8) is 0 Å². The van der Waals surface area contributed by atoms with Crippen LogP contribution < -0.4 is 5.06 Å². The number of nitrogens with zero attached hydrogens (tertiary/aromatic N) is 3. The molecule has 2 heterocycles. The van der Waals surface area contributed by atoms with Crippen molar-refractivity contribution in [1.29, 1.82) is 5.26 Å². The molecule has 6 nitrogen and oxygen atoms in total. The summed E-state index contributed by atoms with van der Waals surface area (Å²) in [6, 6.07) is 5.18. The van der Waals surface area contributed by atoms with Gasteiger partial charge in [-0.1, -0.05) is 11.2 Å². The molecule has 1 aromatic heterocycles. The minimum absolute atomic E-state index is 0.0993. The van der Waals surface area contributed by atoms with Crippen LogP contribution in [0.15, 0.2) is 28.9 Å². The lowest BCUT2D eigenvalue weighted by atomic mass is 10.0. The van der Waals surface area contributed by atoms with E-state index in [4.69, 9.17) is 10.1 Å². The maximum atomic E-state index is 13.5. The zero-order chi connectivity index (χ0) is 20.2. The van der Waals surface area contributed by atoms with Crippen molar-refractivity contribution in [3.8, 4) is 6.07 Å². The van der Waals surface area contributed by atoms with Crippen LogP contribution in [0.25, 0.3) is 0 Å². The fourth-order valence-corrected chi connectivity index (χ4v) is 3.05. The molecule has 0 radical (unpaired) electrons. The highest BCUT2D eigenvalue weighted by molar-refractivity contribution is 7.16. The SMILES string of the molecule is CON(CCC#N)c1ccc(C/C=C2\C(=O)ON=C2C(F)(F)C(F)(F)F)s1. The van der Waals surface area contributed by atoms with E-state index in [1.54, 1.807) is 12.1 Å². The van der Waals surface area contributed by atoms with Crippen LogP contribution in [0.2, 0.25) is 0 Å². The normalized spacial score (nSPS) is 16.3. The third-order valence-electron chi connectivity index (χ3n) is 3.40. The Kier molecular flexibility index (Phi) is 6.17. The number of hydroxylamine groups is 1. The van der Waals surface area contributed by atoms with Crippen LogP contribution in [0.4, 0.5) is 27.0 Å². The third kappa shape index (κ3) is 4.42. The Morgan fingerprint density at radius 1 is 1.37 bits per heavy atom. The number of allylic oxidation sites excluding steroid dienone is 1. The third-order valence-corrected chi connectivity index (χ3v) is 4.51. The lowest BCUT2D eigenvalue weighted by molar-refractivity contribution is -0.249. The molecule has 1 aliphatic rings. The Balaban J connectivity index is 2.18. The summed E-state index contributed by atoms with van der Waals surface area (Å²) in [4.78, 5) is 21.2. The molecule has 1 aliphatic heterocycles. The quantitative estimate of drug-likeness (QED) is 0.298. The average molecular weight is 409 g/mol. The van der Waals surface area contributed by atoms with E-state index >= 15 is 0 Å². The van der Waals surface area contributed by atoms with Crippen molar-refractivity contribution in [2.45, 2.75) is 24.9 Å². The first-order valence-corrected chi connectivity index (χ1v) is 8.15. The van der Waals surface area contributed by atoms with Gasteiger partial charge in [-0.15, -0.1) is 11.3 Å². The maximum absolute atomic E-state index is 13.5. The molecule has 0 spiro atoms. The molecule has 0 aliphatic carbocycles. The molecule has 0 N–H and O–H groups in total. The minimum atomic E-state index is -5.91. The van der Waals surface area contributed by atoms with Gasteiger partial charge < -0.3 is 4.84 Å². The summed E-state index contributed by atoms with van der Waals surface area (Å²) in [6.07, 6.45) is -4.90. The first kappa shape index (κ1) is 20.8. The zero-order valence-corrected chi connectivity index (χ0v) is 14.5. The number of nitriles is 1. The second kappa shape index (κ2) is 8.01. The minimum Gasteiger partial charge on any atom is -0.312 e. The van der Waals surface area contributed by atoms with Gasteiger partial charge >= 0.3 is 18.1 Å². The Hall–Kier alpha value is -2.52. The van der Waals surface area contributed by atoms with Crippen LogP contribution in [-0.4, -0.2) is 37.4 Å². The summed E-state index contributed by atoms with van der Waals surface area (Å²) in [5.41, 5.74) is -2.69. The van der Waals surface area contributed by atoms with Crippen molar-refractivity contribution >= 4 is 28.0 Å². The van der Waals surface area contributed by atoms with Gasteiger partial charge in [0.1, 0.15) is 5.00 Å². The van der Waals surface area contributed by atoms with E-state index in [-0.39, 0.29) is 19.4 Å². The summed E-state index contributed by atoms with van der Waals surface area (Å²) in [5.74, 6) is -6.69. The second-order valence-electron chi connectivity index (χ2n) is 5.15. The number of oxime groups is 1. The van der Waals surface area contributed by atoms with Gasteiger partial charge in [0.05, 0.1) is 31.7 Å². The van der Waals surface area contributed by atoms with E-state index < -0.39 is 29.4 Å². The van der Waals surface area contributed by atoms with Crippen molar-refractivity contribution in [1.82, 2.24) is 0 Å². The molecule has 0 saturated carbocycles. The first-order valence-electron chi connectivity index (χ1n) is 7.34. The predicted octanol–water partition coefficient (Wildman–Crippen LogP) is 3.61. The topological polar surface area (TPSA) is 74.9 Å². The van der Waals surface area contributed by atoms with E-state index in [1.807, 2.05) is 6.07 Å². The molecular formula is C15H12F5N3O3S. The molecular weight excluding hydrogens is 397 g/mol. The van der Waals surface area contributed by atoms with Crippen molar-refractivity contribution < 1.29 is 36.4 Å². The summed E-state index contributed by atoms with van der Waals surface area (Å²) in [5, 5.41) is 13.2. The highest BCUT2D eigenvalue weighted by atomic mass is 32.1. The van der Waals surface area contributed by atoms with Crippen molar-refractivity contribution in [2.24, 2.45) is 5.16 Å². The van der Waals surface area contributed by atoms with Gasteiger partial charge in [0.2, 0.25) is 0 Å². The summed E-state index contributed by atoms with van der Waals surface area (Å²) >= 11 is 1.16. The molecule has 0 unspecified atom stereocenters. The van der Waals surface area contributed by atoms with E-state index in [0.717, 1.165) is 17.4 Å². The van der Waals surface area contributed by atoms with Gasteiger partial charge in [-0.2, -0.15) is 27.2 Å². The first-order chi connectivity index (χ1) is 12.6. The fourth-order valence-electron chi connectivity index (χ4n) is 2.08. The molecule has 27 heavy (non-hydrogen) atoms. The number of halogens is 5. The lowest BCUT2D eigenvalue weighted by Gasteiger charge is -2.18. The number of carbonyl (C=O) groups excluding carboxylic acids is 1. The molecule has 12 heteroatoms. The van der Waals surface area contributed by atoms with Crippen LogP contribution >= 0.6 is 11.3 Å². The highest BCUT2D eigenvalue weighted by Crippen LogP contribution is 2.40. The summed E-state index contributed by atoms with van der Waals surface area (Å²) < 4.78 is 64.5. The molecule has 0 amide bonds. The van der Waals surface area contributed by atoms with Crippen LogP contribution in [0.5, 0.6) is 0 Å². The number of rotatable bonds is 7. The molecule has 0 atom stereocenters. The Morgan fingerprint density at radius 3 is 2.67 bits per heavy atom. The fraction of sp³-hybridized carbons (Fsp3) is 0.400. The number of hydrogen-bond donors (Lipinski definition) is 0. The van der Waals surface area contributed by atoms with Crippen LogP contribution in [0.3, 0.4) is 0 Å². The summed E-state index contributed by atoms with van der Waals surface area (Å²) in [7, 11) is 1.40. The van der Waals surface area contributed by atoms with Gasteiger partial charge in [-0.25, -0.2) is 9.86 Å². The van der Waals surface area contributed by atoms with E-state index in [1.165, 1.54) is 12.2 Å². The number of anilines is 1. The predicted molar refractivity (Wildman–Crippen MR) is 85.2 cm³/mol. The van der Waals surface area contributed by atoms with Crippen molar-refractivity contribution in [3.05, 3.63) is 28.7 Å². The van der Waals surface area contributed by atoms with Crippen LogP contribution in [-0.2, 0) is 20.9 Å². The van der Waals surface area contributed by atoms with Gasteiger partial charge in [0.25, 0.3) is 0 Å². The van der Waals surface area contributed by atoms with Gasteiger partial charge in [-0.3, -0.25) is 4.84 Å². The van der Waals surface area contributed by atoms with E-state index in [2.05, 4.69) is 9.99 Å². The van der Waals surface area contributed by atoms with Gasteiger partial charge in [0, 0.05) is 11.3 Å². The molecule has 0 bridgehead atoms. The monoisotopic (exact) mass is 409 g/mol. The number of alkyl halides is 5. The van der Waals surface area contributed by atoms with Crippen LogP contribution in [0.1, 0.15) is 11.3 Å². The Labute approximate surface area is 154 Å². The van der Waals surface area contributed by atoms with Crippen molar-refractivity contribution in [2.75, 3.05) is 18.7 Å². The number of hydrogen-bond acceptors (Lipinski definition) is 7. The maximum Gasteiger partial charge on any atom is 0.459 e. The van der Waals surface area contributed by atoms with Crippen LogP contribution in [0, 0.1) is 11.3 Å². The van der Waals surface area contributed by atoms with E-state index in [9.17, 15) is 26.7 Å². The molecule has 1 aromatic rings. The molecule has 0 saturated heterocycles. The lowest BCUT2D eigenvalue weighted by Crippen LogP contribution is -2.44. The number of carbonyl (C=O) groups is 1. The highest BCUT2D eigenvalue weighted by Gasteiger charge is 2.64. The second-order valence-corrected chi connectivity index (χ2v) is 6.29. The Bertz CT molecular complexity index is 810. The average Bonchev–Trinajstić information content (AvgIpc) is 3.20. The molecule has 2 rings (SSSR count). The van der Waals surface area contributed by atoms with Gasteiger partial charge in [-0.05, 0) is 12.1 Å². The zero-order valence-electron chi connectivity index (χ0n) is 13.7. The molecule has 146 valence electrons. The molecule has 0 fully saturated rings. The van der Waals surface area contributed by atoms with Gasteiger partial charge in [0.15, 0.2) is 5.71 Å². The Morgan fingerprint density at radius 2 is 2.07 bits per heavy atom. The standard InChI is InChI=1S/C15H12F5N3O3S/c1-25-23(8-2-7-21)11-6-4-9(27-11)3-5-10-12(22-26-13(10)24)14(16,17)15(18,19)20/h4-6H,2-3,8H2,1H3/b10-5-. The number of thiophene rings is 1.